The van der Waals surface area contributed by atoms with Gasteiger partial charge in [-0.3, -0.25) is 4.79 Å². The van der Waals surface area contributed by atoms with Crippen molar-refractivity contribution < 1.29 is 18.3 Å². The number of carboxylic acids is 1. The number of sulfone groups is 1. The van der Waals surface area contributed by atoms with Gasteiger partial charge in [-0.1, -0.05) is 0 Å². The second kappa shape index (κ2) is 5.46. The molecular formula is C11H16N2O4S2. The number of aliphatic carboxylic acids is 1. The van der Waals surface area contributed by atoms with Gasteiger partial charge in [0.05, 0.1) is 23.6 Å². The van der Waals surface area contributed by atoms with Crippen molar-refractivity contribution >= 4 is 32.3 Å². The zero-order chi connectivity index (χ0) is 14.0. The minimum Gasteiger partial charge on any atom is -0.481 e. The molecule has 1 aliphatic heterocycles. The smallest absolute Gasteiger partial charge is 0.303 e. The van der Waals surface area contributed by atoms with Gasteiger partial charge in [0.25, 0.3) is 0 Å². The monoisotopic (exact) mass is 304 g/mol. The summed E-state index contributed by atoms with van der Waals surface area (Å²) in [4.78, 5) is 16.7. The molecule has 1 atom stereocenters. The minimum absolute atomic E-state index is 0.0246. The number of carboxylic acid groups (broad SMARTS) is 1. The Morgan fingerprint density at radius 1 is 1.63 bits per heavy atom. The second-order valence-corrected chi connectivity index (χ2v) is 7.75. The number of hydrogen-bond acceptors (Lipinski definition) is 6. The van der Waals surface area contributed by atoms with Gasteiger partial charge in [0, 0.05) is 24.9 Å². The molecular weight excluding hydrogens is 288 g/mol. The fraction of sp³-hybridized carbons (Fsp3) is 0.636. The molecule has 0 amide bonds. The first-order valence-electron chi connectivity index (χ1n) is 5.97. The molecule has 0 aliphatic carbocycles. The molecule has 1 saturated heterocycles. The zero-order valence-corrected chi connectivity index (χ0v) is 12.2. The van der Waals surface area contributed by atoms with Gasteiger partial charge in [0.1, 0.15) is 0 Å². The summed E-state index contributed by atoms with van der Waals surface area (Å²) in [5, 5.41) is 11.2. The normalized spacial score (nSPS) is 21.4. The third-order valence-corrected chi connectivity index (χ3v) is 5.92. The number of aryl methyl sites for hydroxylation is 1. The van der Waals surface area contributed by atoms with Crippen molar-refractivity contribution in [3.63, 3.8) is 0 Å². The molecule has 106 valence electrons. The summed E-state index contributed by atoms with van der Waals surface area (Å²) >= 11 is 1.42. The highest BCUT2D eigenvalue weighted by molar-refractivity contribution is 7.91. The molecule has 0 bridgehead atoms. The van der Waals surface area contributed by atoms with Crippen LogP contribution < -0.4 is 4.90 Å². The van der Waals surface area contributed by atoms with Crippen LogP contribution in [-0.2, 0) is 21.1 Å². The summed E-state index contributed by atoms with van der Waals surface area (Å²) in [5.41, 5.74) is 0.745. The van der Waals surface area contributed by atoms with E-state index >= 15 is 0 Å². The summed E-state index contributed by atoms with van der Waals surface area (Å²) in [5.74, 6) is -0.433. The average Bonchev–Trinajstić information content (AvgIpc) is 2.92. The Morgan fingerprint density at radius 3 is 2.95 bits per heavy atom. The summed E-state index contributed by atoms with van der Waals surface area (Å²) in [7, 11) is -1.07. The molecule has 2 heterocycles. The lowest BCUT2D eigenvalue weighted by atomic mass is 10.2. The maximum atomic E-state index is 11.5. The van der Waals surface area contributed by atoms with E-state index in [1.165, 1.54) is 11.3 Å². The van der Waals surface area contributed by atoms with Crippen molar-refractivity contribution in [3.05, 3.63) is 11.1 Å². The molecule has 0 spiro atoms. The van der Waals surface area contributed by atoms with Crippen molar-refractivity contribution in [3.8, 4) is 0 Å². The van der Waals surface area contributed by atoms with Crippen molar-refractivity contribution in [2.24, 2.45) is 0 Å². The molecule has 1 aromatic rings. The summed E-state index contributed by atoms with van der Waals surface area (Å²) in [6, 6.07) is -0.0246. The van der Waals surface area contributed by atoms with E-state index in [4.69, 9.17) is 5.11 Å². The topological polar surface area (TPSA) is 87.6 Å². The Hall–Kier alpha value is -1.15. The molecule has 1 aliphatic rings. The van der Waals surface area contributed by atoms with Crippen LogP contribution in [0.3, 0.4) is 0 Å². The minimum atomic E-state index is -2.91. The van der Waals surface area contributed by atoms with Gasteiger partial charge in [-0.25, -0.2) is 13.4 Å². The maximum Gasteiger partial charge on any atom is 0.303 e. The second-order valence-electron chi connectivity index (χ2n) is 4.68. The van der Waals surface area contributed by atoms with Gasteiger partial charge in [-0.15, -0.1) is 11.3 Å². The van der Waals surface area contributed by atoms with Gasteiger partial charge >= 0.3 is 5.97 Å². The Bertz CT molecular complexity index is 567. The van der Waals surface area contributed by atoms with Crippen molar-refractivity contribution in [1.82, 2.24) is 4.98 Å². The number of rotatable bonds is 5. The molecule has 0 saturated carbocycles. The maximum absolute atomic E-state index is 11.5. The highest BCUT2D eigenvalue weighted by Gasteiger charge is 2.31. The number of aromatic nitrogens is 1. The highest BCUT2D eigenvalue weighted by Crippen LogP contribution is 2.26. The predicted octanol–water partition coefficient (Wildman–Crippen LogP) is 0.784. The molecule has 8 heteroatoms. The van der Waals surface area contributed by atoms with Crippen LogP contribution in [0.1, 0.15) is 18.5 Å². The molecule has 1 unspecified atom stereocenters. The number of anilines is 1. The van der Waals surface area contributed by atoms with Crippen LogP contribution in [0, 0.1) is 0 Å². The summed E-state index contributed by atoms with van der Waals surface area (Å²) < 4.78 is 22.9. The quantitative estimate of drug-likeness (QED) is 0.865. The van der Waals surface area contributed by atoms with Crippen LogP contribution in [0.5, 0.6) is 0 Å². The Labute approximate surface area is 116 Å². The number of thiazole rings is 1. The zero-order valence-electron chi connectivity index (χ0n) is 10.6. The Balaban J connectivity index is 2.00. The first-order chi connectivity index (χ1) is 8.87. The lowest BCUT2D eigenvalue weighted by Crippen LogP contribution is -2.32. The standard InChI is InChI=1S/C11H16N2O4S2/c1-13(9-4-5-19(16,17)7-9)11-12-8(6-18-11)2-3-10(14)15/h6,9H,2-5,7H2,1H3,(H,14,15). The van der Waals surface area contributed by atoms with Gasteiger partial charge in [0.2, 0.25) is 0 Å². The van der Waals surface area contributed by atoms with Crippen LogP contribution in [0.25, 0.3) is 0 Å². The Kier molecular flexibility index (Phi) is 4.10. The van der Waals surface area contributed by atoms with Gasteiger partial charge in [-0.2, -0.15) is 0 Å². The highest BCUT2D eigenvalue weighted by atomic mass is 32.2. The Morgan fingerprint density at radius 2 is 2.37 bits per heavy atom. The first kappa shape index (κ1) is 14.3. The van der Waals surface area contributed by atoms with Crippen molar-refractivity contribution in [1.29, 1.82) is 0 Å². The molecule has 19 heavy (non-hydrogen) atoms. The van der Waals surface area contributed by atoms with Gasteiger partial charge in [-0.05, 0) is 6.42 Å². The number of nitrogens with zero attached hydrogens (tertiary/aromatic N) is 2. The van der Waals surface area contributed by atoms with Crippen molar-refractivity contribution in [2.45, 2.75) is 25.3 Å². The van der Waals surface area contributed by atoms with E-state index in [1.807, 2.05) is 17.3 Å². The molecule has 1 N–H and O–H groups in total. The molecule has 1 aromatic heterocycles. The molecule has 2 rings (SSSR count). The van der Waals surface area contributed by atoms with Crippen LogP contribution in [0.15, 0.2) is 5.38 Å². The molecule has 1 fully saturated rings. The van der Waals surface area contributed by atoms with Crippen LogP contribution >= 0.6 is 11.3 Å². The van der Waals surface area contributed by atoms with E-state index in [2.05, 4.69) is 4.98 Å². The SMILES string of the molecule is CN(c1nc(CCC(=O)O)cs1)C1CCS(=O)(=O)C1. The van der Waals surface area contributed by atoms with E-state index in [1.54, 1.807) is 0 Å². The van der Waals surface area contributed by atoms with E-state index < -0.39 is 15.8 Å². The van der Waals surface area contributed by atoms with E-state index in [9.17, 15) is 13.2 Å². The fourth-order valence-electron chi connectivity index (χ4n) is 2.05. The third kappa shape index (κ3) is 3.66. The van der Waals surface area contributed by atoms with Crippen molar-refractivity contribution in [2.75, 3.05) is 23.5 Å². The lowest BCUT2D eigenvalue weighted by molar-refractivity contribution is -0.136. The molecule has 6 nitrogen and oxygen atoms in total. The predicted molar refractivity (Wildman–Crippen MR) is 73.5 cm³/mol. The van der Waals surface area contributed by atoms with Crippen LogP contribution in [0.4, 0.5) is 5.13 Å². The first-order valence-corrected chi connectivity index (χ1v) is 8.67. The summed E-state index contributed by atoms with van der Waals surface area (Å²) in [6.07, 6.45) is 1.09. The molecule has 0 radical (unpaired) electrons. The largest absolute Gasteiger partial charge is 0.481 e. The van der Waals surface area contributed by atoms with Crippen LogP contribution in [-0.4, -0.2) is 49.1 Å². The van der Waals surface area contributed by atoms with Crippen LogP contribution in [0.2, 0.25) is 0 Å². The van der Waals surface area contributed by atoms with Gasteiger partial charge < -0.3 is 10.0 Å². The lowest BCUT2D eigenvalue weighted by Gasteiger charge is -2.22. The van der Waals surface area contributed by atoms with Gasteiger partial charge in [0.15, 0.2) is 15.0 Å². The number of carbonyl (C=O) groups is 1. The average molecular weight is 304 g/mol. The van der Waals surface area contributed by atoms with E-state index in [0.717, 1.165) is 10.8 Å². The van der Waals surface area contributed by atoms with E-state index in [0.29, 0.717) is 12.8 Å². The summed E-state index contributed by atoms with van der Waals surface area (Å²) in [6.45, 7) is 0. The third-order valence-electron chi connectivity index (χ3n) is 3.19. The fourth-order valence-corrected chi connectivity index (χ4v) is 4.72. The van der Waals surface area contributed by atoms with E-state index in [-0.39, 0.29) is 24.0 Å². The molecule has 0 aromatic carbocycles. The number of hydrogen-bond donors (Lipinski definition) is 1.